The van der Waals surface area contributed by atoms with Crippen LogP contribution in [-0.4, -0.2) is 17.7 Å². The number of nitrogens with two attached hydrogens (primary N) is 1. The number of rotatable bonds is 5. The lowest BCUT2D eigenvalue weighted by molar-refractivity contribution is -0.383. The van der Waals surface area contributed by atoms with Crippen molar-refractivity contribution < 1.29 is 9.66 Å². The van der Waals surface area contributed by atoms with Crippen LogP contribution in [0.25, 0.3) is 0 Å². The number of aliphatic imine (C=N–C) groups is 1. The number of nitro benzene ring substituents is 1. The summed E-state index contributed by atoms with van der Waals surface area (Å²) in [4.78, 5) is 14.5. The number of anilines is 1. The lowest BCUT2D eigenvalue weighted by Crippen LogP contribution is -1.94. The van der Waals surface area contributed by atoms with Crippen molar-refractivity contribution in [1.29, 1.82) is 0 Å². The summed E-state index contributed by atoms with van der Waals surface area (Å²) in [5.74, 6) is 0.790. The minimum Gasteiger partial charge on any atom is -0.494 e. The molecule has 0 amide bonds. The Hall–Kier alpha value is -2.89. The Balaban J connectivity index is 2.17. The molecule has 0 aromatic heterocycles. The molecular weight excluding hydrogens is 270 g/mol. The van der Waals surface area contributed by atoms with Crippen molar-refractivity contribution >= 4 is 23.3 Å². The summed E-state index contributed by atoms with van der Waals surface area (Å²) in [5, 5.41) is 10.8. The molecule has 0 radical (unpaired) electrons. The third-order valence-corrected chi connectivity index (χ3v) is 2.76. The molecule has 2 rings (SSSR count). The minimum absolute atomic E-state index is 0.125. The SMILES string of the molecule is CCOc1ccc(C=Nc2ccc(N)c([N+](=O)[O-])c2)cc1. The molecule has 0 aliphatic carbocycles. The van der Waals surface area contributed by atoms with Crippen LogP contribution in [0.3, 0.4) is 0 Å². The Bertz CT molecular complexity index is 666. The molecular formula is C15H15N3O3. The topological polar surface area (TPSA) is 90.8 Å². The molecule has 0 atom stereocenters. The Morgan fingerprint density at radius 1 is 1.29 bits per heavy atom. The quantitative estimate of drug-likeness (QED) is 0.395. The van der Waals surface area contributed by atoms with E-state index in [1.165, 1.54) is 12.1 Å². The van der Waals surface area contributed by atoms with Gasteiger partial charge in [-0.05, 0) is 48.9 Å². The molecule has 0 bridgehead atoms. The second kappa shape index (κ2) is 6.51. The zero-order chi connectivity index (χ0) is 15.2. The van der Waals surface area contributed by atoms with Crippen LogP contribution in [0.2, 0.25) is 0 Å². The summed E-state index contributed by atoms with van der Waals surface area (Å²) in [6.07, 6.45) is 1.63. The highest BCUT2D eigenvalue weighted by Crippen LogP contribution is 2.26. The zero-order valence-electron chi connectivity index (χ0n) is 11.5. The Morgan fingerprint density at radius 2 is 2.00 bits per heavy atom. The summed E-state index contributed by atoms with van der Waals surface area (Å²) in [6.45, 7) is 2.53. The third kappa shape index (κ3) is 3.79. The van der Waals surface area contributed by atoms with Gasteiger partial charge in [-0.15, -0.1) is 0 Å². The van der Waals surface area contributed by atoms with Gasteiger partial charge in [0, 0.05) is 12.3 Å². The van der Waals surface area contributed by atoms with E-state index in [0.717, 1.165) is 11.3 Å². The molecule has 21 heavy (non-hydrogen) atoms. The largest absolute Gasteiger partial charge is 0.494 e. The van der Waals surface area contributed by atoms with Crippen molar-refractivity contribution in [3.63, 3.8) is 0 Å². The Morgan fingerprint density at radius 3 is 2.62 bits per heavy atom. The summed E-state index contributed by atoms with van der Waals surface area (Å²) in [6, 6.07) is 11.9. The van der Waals surface area contributed by atoms with Crippen molar-refractivity contribution in [2.75, 3.05) is 12.3 Å². The van der Waals surface area contributed by atoms with Crippen LogP contribution in [0, 0.1) is 10.1 Å². The fraction of sp³-hybridized carbons (Fsp3) is 0.133. The molecule has 0 aliphatic heterocycles. The molecule has 6 heteroatoms. The average molecular weight is 285 g/mol. The van der Waals surface area contributed by atoms with Gasteiger partial charge < -0.3 is 10.5 Å². The van der Waals surface area contributed by atoms with Crippen LogP contribution in [-0.2, 0) is 0 Å². The minimum atomic E-state index is -0.523. The van der Waals surface area contributed by atoms with E-state index >= 15 is 0 Å². The maximum absolute atomic E-state index is 10.8. The van der Waals surface area contributed by atoms with Gasteiger partial charge in [-0.3, -0.25) is 15.1 Å². The zero-order valence-corrected chi connectivity index (χ0v) is 11.5. The molecule has 0 aliphatic rings. The molecule has 2 aromatic carbocycles. The number of nitrogen functional groups attached to an aromatic ring is 1. The van der Waals surface area contributed by atoms with Crippen LogP contribution < -0.4 is 10.5 Å². The van der Waals surface area contributed by atoms with E-state index < -0.39 is 4.92 Å². The first kappa shape index (κ1) is 14.5. The smallest absolute Gasteiger partial charge is 0.294 e. The first-order valence-electron chi connectivity index (χ1n) is 6.41. The summed E-state index contributed by atoms with van der Waals surface area (Å²) >= 11 is 0. The molecule has 0 saturated carbocycles. The molecule has 0 spiro atoms. The number of benzene rings is 2. The normalized spacial score (nSPS) is 10.7. The van der Waals surface area contributed by atoms with Crippen molar-refractivity contribution in [2.45, 2.75) is 6.92 Å². The van der Waals surface area contributed by atoms with Crippen LogP contribution in [0.1, 0.15) is 12.5 Å². The fourth-order valence-electron chi connectivity index (χ4n) is 1.74. The molecule has 0 heterocycles. The number of nitro groups is 1. The van der Waals surface area contributed by atoms with Gasteiger partial charge in [0.05, 0.1) is 17.2 Å². The van der Waals surface area contributed by atoms with Crippen molar-refractivity contribution in [3.8, 4) is 5.75 Å². The summed E-state index contributed by atoms with van der Waals surface area (Å²) < 4.78 is 5.35. The molecule has 0 unspecified atom stereocenters. The van der Waals surface area contributed by atoms with E-state index in [4.69, 9.17) is 10.5 Å². The lowest BCUT2D eigenvalue weighted by Gasteiger charge is -2.02. The summed E-state index contributed by atoms with van der Waals surface area (Å²) in [5.41, 5.74) is 6.87. The van der Waals surface area contributed by atoms with Crippen LogP contribution in [0.5, 0.6) is 5.75 Å². The predicted molar refractivity (Wildman–Crippen MR) is 82.4 cm³/mol. The van der Waals surface area contributed by atoms with Crippen molar-refractivity contribution in [2.24, 2.45) is 4.99 Å². The second-order valence-electron chi connectivity index (χ2n) is 4.26. The van der Waals surface area contributed by atoms with Gasteiger partial charge in [-0.2, -0.15) is 0 Å². The summed E-state index contributed by atoms with van der Waals surface area (Å²) in [7, 11) is 0. The van der Waals surface area contributed by atoms with E-state index in [0.29, 0.717) is 12.3 Å². The predicted octanol–water partition coefficient (Wildman–Crippen LogP) is 3.33. The highest BCUT2D eigenvalue weighted by atomic mass is 16.6. The maximum atomic E-state index is 10.8. The maximum Gasteiger partial charge on any atom is 0.294 e. The van der Waals surface area contributed by atoms with Gasteiger partial charge >= 0.3 is 0 Å². The molecule has 2 N–H and O–H groups in total. The highest BCUT2D eigenvalue weighted by Gasteiger charge is 2.11. The van der Waals surface area contributed by atoms with E-state index in [1.54, 1.807) is 12.3 Å². The number of hydrogen-bond acceptors (Lipinski definition) is 5. The Labute approximate surface area is 122 Å². The van der Waals surface area contributed by atoms with Gasteiger partial charge in [0.15, 0.2) is 0 Å². The fourth-order valence-corrected chi connectivity index (χ4v) is 1.74. The van der Waals surface area contributed by atoms with Gasteiger partial charge in [-0.1, -0.05) is 0 Å². The number of nitrogens with zero attached hydrogens (tertiary/aromatic N) is 2. The molecule has 6 nitrogen and oxygen atoms in total. The molecule has 108 valence electrons. The van der Waals surface area contributed by atoms with E-state index in [1.807, 2.05) is 31.2 Å². The first-order valence-corrected chi connectivity index (χ1v) is 6.41. The number of ether oxygens (including phenoxy) is 1. The molecule has 0 fully saturated rings. The second-order valence-corrected chi connectivity index (χ2v) is 4.26. The highest BCUT2D eigenvalue weighted by molar-refractivity contribution is 5.82. The molecule has 2 aromatic rings. The standard InChI is InChI=1S/C15H15N3O3/c1-2-21-13-6-3-11(4-7-13)10-17-12-5-8-14(16)15(9-12)18(19)20/h3-10H,2,16H2,1H3. The first-order chi connectivity index (χ1) is 10.1. The third-order valence-electron chi connectivity index (χ3n) is 2.76. The van der Waals surface area contributed by atoms with Crippen LogP contribution in [0.4, 0.5) is 17.1 Å². The van der Waals surface area contributed by atoms with Gasteiger partial charge in [0.25, 0.3) is 5.69 Å². The van der Waals surface area contributed by atoms with Crippen LogP contribution in [0.15, 0.2) is 47.5 Å². The van der Waals surface area contributed by atoms with E-state index in [9.17, 15) is 10.1 Å². The van der Waals surface area contributed by atoms with Gasteiger partial charge in [-0.25, -0.2) is 0 Å². The number of hydrogen-bond donors (Lipinski definition) is 1. The average Bonchev–Trinajstić information content (AvgIpc) is 2.48. The van der Waals surface area contributed by atoms with E-state index in [-0.39, 0.29) is 11.4 Å². The lowest BCUT2D eigenvalue weighted by atomic mass is 10.2. The van der Waals surface area contributed by atoms with Gasteiger partial charge in [0.1, 0.15) is 11.4 Å². The van der Waals surface area contributed by atoms with Crippen molar-refractivity contribution in [1.82, 2.24) is 0 Å². The monoisotopic (exact) mass is 285 g/mol. The van der Waals surface area contributed by atoms with E-state index in [2.05, 4.69) is 4.99 Å². The van der Waals surface area contributed by atoms with Gasteiger partial charge in [0.2, 0.25) is 0 Å². The molecule has 0 saturated heterocycles. The van der Waals surface area contributed by atoms with Crippen LogP contribution >= 0.6 is 0 Å². The van der Waals surface area contributed by atoms with Crippen molar-refractivity contribution in [3.05, 3.63) is 58.1 Å². The Kier molecular flexibility index (Phi) is 4.50.